The first-order valence-corrected chi connectivity index (χ1v) is 7.96. The van der Waals surface area contributed by atoms with Crippen LogP contribution in [0, 0.1) is 10.1 Å². The minimum absolute atomic E-state index is 0.0822. The fraction of sp³-hybridized carbons (Fsp3) is 0.0588. The predicted octanol–water partition coefficient (Wildman–Crippen LogP) is 3.07. The number of hydrogen-bond donors (Lipinski definition) is 2. The van der Waals surface area contributed by atoms with E-state index in [2.05, 4.69) is 21.2 Å². The molecule has 1 aliphatic heterocycles. The van der Waals surface area contributed by atoms with Crippen LogP contribution in [0.4, 0.5) is 5.69 Å². The zero-order valence-electron chi connectivity index (χ0n) is 12.6. The highest BCUT2D eigenvalue weighted by Crippen LogP contribution is 2.33. The summed E-state index contributed by atoms with van der Waals surface area (Å²) in [4.78, 5) is 34.2. The van der Waals surface area contributed by atoms with E-state index < -0.39 is 22.7 Å². The van der Waals surface area contributed by atoms with Crippen molar-refractivity contribution in [2.45, 2.75) is 6.04 Å². The van der Waals surface area contributed by atoms with Gasteiger partial charge in [0.25, 0.3) is 17.4 Å². The van der Waals surface area contributed by atoms with Crippen LogP contribution in [0.1, 0.15) is 17.2 Å². The zero-order valence-corrected chi connectivity index (χ0v) is 14.2. The molecule has 1 unspecified atom stereocenters. The standard InChI is InChI=1S/C17H11BrN2O5/c18-11-5-1-9(2-6-11)14-13(16(22)17(23)19-14)15(21)10-3-7-12(8-4-10)20(24)25/h1-8,14,21H,(H,19,23). The van der Waals surface area contributed by atoms with E-state index in [4.69, 9.17) is 0 Å². The third-order valence-electron chi connectivity index (χ3n) is 3.82. The Kier molecular flexibility index (Phi) is 4.37. The highest BCUT2D eigenvalue weighted by Gasteiger charge is 2.39. The van der Waals surface area contributed by atoms with E-state index >= 15 is 0 Å². The van der Waals surface area contributed by atoms with Gasteiger partial charge in [-0.1, -0.05) is 28.1 Å². The number of aliphatic hydroxyl groups is 1. The maximum absolute atomic E-state index is 12.2. The van der Waals surface area contributed by atoms with Crippen molar-refractivity contribution in [3.05, 3.63) is 79.8 Å². The average molecular weight is 403 g/mol. The molecular weight excluding hydrogens is 392 g/mol. The van der Waals surface area contributed by atoms with Crippen LogP contribution in [0.15, 0.2) is 58.6 Å². The number of aliphatic hydroxyl groups excluding tert-OH is 1. The summed E-state index contributed by atoms with van der Waals surface area (Å²) in [6.07, 6.45) is 0. The van der Waals surface area contributed by atoms with E-state index in [-0.39, 0.29) is 22.6 Å². The van der Waals surface area contributed by atoms with Crippen LogP contribution in [0.2, 0.25) is 0 Å². The van der Waals surface area contributed by atoms with Crippen LogP contribution in [0.3, 0.4) is 0 Å². The number of carbonyl (C=O) groups is 2. The van der Waals surface area contributed by atoms with Gasteiger partial charge < -0.3 is 10.4 Å². The van der Waals surface area contributed by atoms with Crippen molar-refractivity contribution in [1.82, 2.24) is 5.32 Å². The Morgan fingerprint density at radius 1 is 1.08 bits per heavy atom. The molecule has 25 heavy (non-hydrogen) atoms. The lowest BCUT2D eigenvalue weighted by molar-refractivity contribution is -0.384. The highest BCUT2D eigenvalue weighted by atomic mass is 79.9. The van der Waals surface area contributed by atoms with E-state index in [1.807, 2.05) is 0 Å². The minimum atomic E-state index is -0.830. The van der Waals surface area contributed by atoms with Gasteiger partial charge in [-0.2, -0.15) is 0 Å². The van der Waals surface area contributed by atoms with Gasteiger partial charge in [0.2, 0.25) is 0 Å². The normalized spacial score (nSPS) is 18.8. The van der Waals surface area contributed by atoms with Gasteiger partial charge in [-0.25, -0.2) is 0 Å². The number of rotatable bonds is 3. The number of Topliss-reactive ketones (excluding diaryl/α,β-unsaturated/α-hetero) is 1. The summed E-state index contributed by atoms with van der Waals surface area (Å²) in [6.45, 7) is 0. The minimum Gasteiger partial charge on any atom is -0.507 e. The fourth-order valence-corrected chi connectivity index (χ4v) is 2.83. The number of hydrogen-bond acceptors (Lipinski definition) is 5. The second-order valence-electron chi connectivity index (χ2n) is 5.35. The quantitative estimate of drug-likeness (QED) is 0.269. The number of carbonyl (C=O) groups excluding carboxylic acids is 2. The van der Waals surface area contributed by atoms with Crippen molar-refractivity contribution in [3.8, 4) is 0 Å². The van der Waals surface area contributed by atoms with Crippen LogP contribution >= 0.6 is 15.9 Å². The smallest absolute Gasteiger partial charge is 0.293 e. The number of nitro groups is 1. The van der Waals surface area contributed by atoms with Gasteiger partial charge in [0, 0.05) is 22.2 Å². The van der Waals surface area contributed by atoms with Gasteiger partial charge in [0.1, 0.15) is 5.76 Å². The highest BCUT2D eigenvalue weighted by molar-refractivity contribution is 9.10. The Morgan fingerprint density at radius 2 is 1.68 bits per heavy atom. The lowest BCUT2D eigenvalue weighted by atomic mass is 9.96. The molecule has 1 amide bonds. The van der Waals surface area contributed by atoms with Gasteiger partial charge in [-0.15, -0.1) is 0 Å². The first-order chi connectivity index (χ1) is 11.9. The van der Waals surface area contributed by atoms with Gasteiger partial charge in [0.15, 0.2) is 0 Å². The van der Waals surface area contributed by atoms with Gasteiger partial charge in [-0.05, 0) is 29.8 Å². The molecule has 1 atom stereocenters. The molecule has 1 heterocycles. The molecule has 2 aromatic rings. The van der Waals surface area contributed by atoms with E-state index in [1.165, 1.54) is 24.3 Å². The Balaban J connectivity index is 2.07. The first kappa shape index (κ1) is 16.8. The summed E-state index contributed by atoms with van der Waals surface area (Å²) in [5, 5.41) is 23.8. The molecule has 3 rings (SSSR count). The van der Waals surface area contributed by atoms with Crippen LogP contribution in [-0.2, 0) is 9.59 Å². The van der Waals surface area contributed by atoms with Crippen molar-refractivity contribution in [3.63, 3.8) is 0 Å². The van der Waals surface area contributed by atoms with Crippen molar-refractivity contribution in [1.29, 1.82) is 0 Å². The summed E-state index contributed by atoms with van der Waals surface area (Å²) in [6, 6.07) is 11.3. The predicted molar refractivity (Wildman–Crippen MR) is 92.7 cm³/mol. The molecule has 0 aromatic heterocycles. The Morgan fingerprint density at radius 3 is 2.24 bits per heavy atom. The molecule has 1 saturated heterocycles. The van der Waals surface area contributed by atoms with Crippen LogP contribution in [0.5, 0.6) is 0 Å². The number of amides is 1. The maximum Gasteiger partial charge on any atom is 0.293 e. The second kappa shape index (κ2) is 6.48. The van der Waals surface area contributed by atoms with Gasteiger partial charge in [0.05, 0.1) is 16.5 Å². The van der Waals surface area contributed by atoms with Crippen molar-refractivity contribution < 1.29 is 19.6 Å². The Hall–Kier alpha value is -3.00. The number of nitro benzene ring substituents is 1. The first-order valence-electron chi connectivity index (χ1n) is 7.17. The van der Waals surface area contributed by atoms with Crippen molar-refractivity contribution in [2.75, 3.05) is 0 Å². The molecule has 2 N–H and O–H groups in total. The second-order valence-corrected chi connectivity index (χ2v) is 6.27. The van der Waals surface area contributed by atoms with Crippen LogP contribution in [-0.4, -0.2) is 21.7 Å². The molecule has 0 aliphatic carbocycles. The lowest BCUT2D eigenvalue weighted by Crippen LogP contribution is -2.21. The largest absolute Gasteiger partial charge is 0.507 e. The molecule has 0 radical (unpaired) electrons. The number of ketones is 1. The molecule has 2 aromatic carbocycles. The van der Waals surface area contributed by atoms with Crippen LogP contribution in [0.25, 0.3) is 5.76 Å². The summed E-state index contributed by atoms with van der Waals surface area (Å²) in [5.41, 5.74) is 0.623. The maximum atomic E-state index is 12.2. The van der Waals surface area contributed by atoms with Crippen LogP contribution < -0.4 is 5.32 Å². The number of non-ortho nitro benzene ring substituents is 1. The third kappa shape index (κ3) is 3.16. The summed E-state index contributed by atoms with van der Waals surface area (Å²) >= 11 is 3.31. The number of nitrogens with zero attached hydrogens (tertiary/aromatic N) is 1. The SMILES string of the molecule is O=C1NC(c2ccc(Br)cc2)C(=C(O)c2ccc([N+](=O)[O-])cc2)C1=O. The van der Waals surface area contributed by atoms with E-state index in [9.17, 15) is 24.8 Å². The van der Waals surface area contributed by atoms with E-state index in [0.717, 1.165) is 4.47 Å². The summed E-state index contributed by atoms with van der Waals surface area (Å²) in [7, 11) is 0. The molecule has 7 nitrogen and oxygen atoms in total. The Labute approximate surface area is 150 Å². The molecular formula is C17H11BrN2O5. The Bertz CT molecular complexity index is 904. The number of halogens is 1. The van der Waals surface area contributed by atoms with Crippen molar-refractivity contribution in [2.24, 2.45) is 0 Å². The van der Waals surface area contributed by atoms with E-state index in [0.29, 0.717) is 5.56 Å². The molecule has 0 saturated carbocycles. The van der Waals surface area contributed by atoms with E-state index in [1.54, 1.807) is 24.3 Å². The number of nitrogens with one attached hydrogen (secondary N) is 1. The molecule has 1 fully saturated rings. The van der Waals surface area contributed by atoms with Gasteiger partial charge >= 0.3 is 0 Å². The van der Waals surface area contributed by atoms with Gasteiger partial charge in [-0.3, -0.25) is 19.7 Å². The summed E-state index contributed by atoms with van der Waals surface area (Å²) in [5.74, 6) is -2.02. The molecule has 8 heteroatoms. The monoisotopic (exact) mass is 402 g/mol. The molecule has 0 bridgehead atoms. The number of benzene rings is 2. The zero-order chi connectivity index (χ0) is 18.1. The average Bonchev–Trinajstić information content (AvgIpc) is 2.90. The molecule has 126 valence electrons. The topological polar surface area (TPSA) is 110 Å². The summed E-state index contributed by atoms with van der Waals surface area (Å²) < 4.78 is 0.831. The third-order valence-corrected chi connectivity index (χ3v) is 4.35. The lowest BCUT2D eigenvalue weighted by Gasteiger charge is -2.13. The fourth-order valence-electron chi connectivity index (χ4n) is 2.57. The molecule has 0 spiro atoms. The van der Waals surface area contributed by atoms with Crippen molar-refractivity contribution >= 4 is 39.1 Å². The molecule has 1 aliphatic rings.